The van der Waals surface area contributed by atoms with E-state index in [4.69, 9.17) is 4.42 Å². The fourth-order valence-corrected chi connectivity index (χ4v) is 1.58. The Morgan fingerprint density at radius 3 is 2.83 bits per heavy atom. The molecule has 2 aromatic rings. The molecule has 1 atom stereocenters. The van der Waals surface area contributed by atoms with Gasteiger partial charge in [-0.25, -0.2) is 0 Å². The van der Waals surface area contributed by atoms with E-state index < -0.39 is 6.04 Å². The zero-order chi connectivity index (χ0) is 13.0. The highest BCUT2D eigenvalue weighted by molar-refractivity contribution is 5.91. The topological polar surface area (TPSA) is 70.1 Å². The number of hydrogen-bond donors (Lipinski definition) is 0. The molecule has 0 radical (unpaired) electrons. The molecule has 2 rings (SSSR count). The van der Waals surface area contributed by atoms with E-state index in [-0.39, 0.29) is 11.7 Å². The van der Waals surface area contributed by atoms with Crippen LogP contribution >= 0.6 is 0 Å². The fraction of sp³-hybridized carbons (Fsp3) is 0.154. The van der Waals surface area contributed by atoms with E-state index in [0.717, 1.165) is 0 Å². The largest absolute Gasteiger partial charge is 0.459 e. The van der Waals surface area contributed by atoms with Crippen LogP contribution in [0.5, 0.6) is 0 Å². The van der Waals surface area contributed by atoms with Gasteiger partial charge in [-0.15, -0.1) is 0 Å². The Morgan fingerprint density at radius 1 is 1.44 bits per heavy atom. The maximum atomic E-state index is 12.0. The van der Waals surface area contributed by atoms with Gasteiger partial charge in [-0.3, -0.25) is 9.78 Å². The zero-order valence-electron chi connectivity index (χ0n) is 9.78. The van der Waals surface area contributed by atoms with E-state index in [1.165, 1.54) is 11.2 Å². The smallest absolute Gasteiger partial charge is 0.290 e. The van der Waals surface area contributed by atoms with Gasteiger partial charge in [0.15, 0.2) is 11.8 Å². The van der Waals surface area contributed by atoms with Crippen molar-refractivity contribution in [2.75, 3.05) is 7.05 Å². The van der Waals surface area contributed by atoms with Crippen molar-refractivity contribution >= 4 is 5.91 Å². The summed E-state index contributed by atoms with van der Waals surface area (Å²) >= 11 is 0. The number of carbonyl (C=O) groups is 1. The first kappa shape index (κ1) is 11.9. The van der Waals surface area contributed by atoms with Gasteiger partial charge in [0.2, 0.25) is 0 Å². The molecule has 0 aliphatic carbocycles. The summed E-state index contributed by atoms with van der Waals surface area (Å²) in [5.74, 6) is -0.147. The Labute approximate surface area is 104 Å². The third-order valence-corrected chi connectivity index (χ3v) is 2.53. The first-order valence-electron chi connectivity index (χ1n) is 5.35. The molecule has 5 nitrogen and oxygen atoms in total. The highest BCUT2D eigenvalue weighted by Crippen LogP contribution is 2.18. The summed E-state index contributed by atoms with van der Waals surface area (Å²) in [6, 6.07) is 9.76. The van der Waals surface area contributed by atoms with Crippen molar-refractivity contribution in [2.45, 2.75) is 6.04 Å². The summed E-state index contributed by atoms with van der Waals surface area (Å²) in [4.78, 5) is 17.4. The lowest BCUT2D eigenvalue weighted by atomic mass is 10.2. The zero-order valence-corrected chi connectivity index (χ0v) is 9.78. The van der Waals surface area contributed by atoms with Gasteiger partial charge in [-0.1, -0.05) is 6.07 Å². The van der Waals surface area contributed by atoms with Gasteiger partial charge in [-0.05, 0) is 24.3 Å². The van der Waals surface area contributed by atoms with Crippen molar-refractivity contribution in [2.24, 2.45) is 0 Å². The molecular weight excluding hydrogens is 230 g/mol. The lowest BCUT2D eigenvalue weighted by molar-refractivity contribution is 0.0729. The number of pyridine rings is 1. The predicted molar refractivity (Wildman–Crippen MR) is 63.4 cm³/mol. The summed E-state index contributed by atoms with van der Waals surface area (Å²) in [7, 11) is 1.55. The highest BCUT2D eigenvalue weighted by Gasteiger charge is 2.24. The van der Waals surface area contributed by atoms with E-state index in [0.29, 0.717) is 5.69 Å². The molecule has 0 spiro atoms. The molecule has 0 bridgehead atoms. The van der Waals surface area contributed by atoms with E-state index >= 15 is 0 Å². The summed E-state index contributed by atoms with van der Waals surface area (Å²) in [6.45, 7) is 0. The van der Waals surface area contributed by atoms with Crippen LogP contribution in [0.4, 0.5) is 0 Å². The number of hydrogen-bond acceptors (Lipinski definition) is 4. The Morgan fingerprint density at radius 2 is 2.28 bits per heavy atom. The minimum absolute atomic E-state index is 0.202. The van der Waals surface area contributed by atoms with Gasteiger partial charge in [-0.2, -0.15) is 5.26 Å². The maximum Gasteiger partial charge on any atom is 0.290 e. The van der Waals surface area contributed by atoms with Crippen LogP contribution in [0.3, 0.4) is 0 Å². The first-order chi connectivity index (χ1) is 8.74. The lowest BCUT2D eigenvalue weighted by Crippen LogP contribution is -2.30. The predicted octanol–water partition coefficient (Wildman–Crippen LogP) is 2.01. The van der Waals surface area contributed by atoms with E-state index in [1.54, 1.807) is 43.6 Å². The number of carbonyl (C=O) groups excluding carboxylic acids is 1. The number of aromatic nitrogens is 1. The van der Waals surface area contributed by atoms with Crippen molar-refractivity contribution in [3.8, 4) is 6.07 Å². The summed E-state index contributed by atoms with van der Waals surface area (Å²) in [5, 5.41) is 9.18. The number of rotatable bonds is 3. The molecule has 0 aliphatic rings. The van der Waals surface area contributed by atoms with Crippen LogP contribution in [-0.4, -0.2) is 22.8 Å². The third-order valence-electron chi connectivity index (χ3n) is 2.53. The number of nitriles is 1. The van der Waals surface area contributed by atoms with Crippen molar-refractivity contribution in [3.63, 3.8) is 0 Å². The van der Waals surface area contributed by atoms with Gasteiger partial charge in [0, 0.05) is 13.2 Å². The average Bonchev–Trinajstić information content (AvgIpc) is 2.94. The normalized spacial score (nSPS) is 11.6. The Balaban J connectivity index is 2.24. The molecule has 0 saturated carbocycles. The number of nitrogens with zero attached hydrogens (tertiary/aromatic N) is 3. The molecule has 5 heteroatoms. The SMILES string of the molecule is CN(C(=O)c1ccco1)C(C#N)c1ccccn1. The first-order valence-corrected chi connectivity index (χ1v) is 5.35. The Bertz CT molecular complexity index is 558. The van der Waals surface area contributed by atoms with Crippen LogP contribution in [0.2, 0.25) is 0 Å². The van der Waals surface area contributed by atoms with Gasteiger partial charge >= 0.3 is 0 Å². The van der Waals surface area contributed by atoms with Gasteiger partial charge in [0.1, 0.15) is 0 Å². The second-order valence-corrected chi connectivity index (χ2v) is 3.68. The average molecular weight is 241 g/mol. The molecule has 90 valence electrons. The number of furan rings is 1. The van der Waals surface area contributed by atoms with E-state index in [2.05, 4.69) is 11.1 Å². The van der Waals surface area contributed by atoms with Crippen molar-refractivity contribution in [3.05, 3.63) is 54.2 Å². The molecule has 0 aromatic carbocycles. The van der Waals surface area contributed by atoms with E-state index in [1.807, 2.05) is 0 Å². The second-order valence-electron chi connectivity index (χ2n) is 3.68. The van der Waals surface area contributed by atoms with Gasteiger partial charge < -0.3 is 9.32 Å². The molecule has 1 unspecified atom stereocenters. The monoisotopic (exact) mass is 241 g/mol. The van der Waals surface area contributed by atoms with Crippen molar-refractivity contribution in [1.29, 1.82) is 5.26 Å². The molecule has 0 fully saturated rings. The maximum absolute atomic E-state index is 12.0. The summed E-state index contributed by atoms with van der Waals surface area (Å²) in [6.07, 6.45) is 3.01. The van der Waals surface area contributed by atoms with Crippen LogP contribution in [-0.2, 0) is 0 Å². The standard InChI is InChI=1S/C13H11N3O2/c1-16(13(17)12-6-4-8-18-12)11(9-14)10-5-2-3-7-15-10/h2-8,11H,1H3. The second kappa shape index (κ2) is 5.15. The van der Waals surface area contributed by atoms with Crippen LogP contribution in [0.15, 0.2) is 47.2 Å². The van der Waals surface area contributed by atoms with Crippen molar-refractivity contribution in [1.82, 2.24) is 9.88 Å². The van der Waals surface area contributed by atoms with Crippen LogP contribution < -0.4 is 0 Å². The summed E-state index contributed by atoms with van der Waals surface area (Å²) in [5.41, 5.74) is 0.530. The molecule has 2 heterocycles. The lowest BCUT2D eigenvalue weighted by Gasteiger charge is -2.21. The Kier molecular flexibility index (Phi) is 3.39. The molecule has 18 heavy (non-hydrogen) atoms. The van der Waals surface area contributed by atoms with Crippen LogP contribution in [0, 0.1) is 11.3 Å². The fourth-order valence-electron chi connectivity index (χ4n) is 1.58. The minimum Gasteiger partial charge on any atom is -0.459 e. The molecule has 0 N–H and O–H groups in total. The molecule has 0 saturated heterocycles. The van der Waals surface area contributed by atoms with Gasteiger partial charge in [0.25, 0.3) is 5.91 Å². The van der Waals surface area contributed by atoms with Crippen molar-refractivity contribution < 1.29 is 9.21 Å². The molecule has 0 aliphatic heterocycles. The van der Waals surface area contributed by atoms with Crippen LogP contribution in [0.1, 0.15) is 22.3 Å². The molecule has 1 amide bonds. The molecular formula is C13H11N3O2. The molecule has 2 aromatic heterocycles. The number of amides is 1. The third kappa shape index (κ3) is 2.23. The highest BCUT2D eigenvalue weighted by atomic mass is 16.3. The van der Waals surface area contributed by atoms with Crippen LogP contribution in [0.25, 0.3) is 0 Å². The Hall–Kier alpha value is -2.61. The quantitative estimate of drug-likeness (QED) is 0.824. The van der Waals surface area contributed by atoms with Gasteiger partial charge in [0.05, 0.1) is 18.0 Å². The minimum atomic E-state index is -0.733. The summed E-state index contributed by atoms with van der Waals surface area (Å²) < 4.78 is 5.03. The van der Waals surface area contributed by atoms with E-state index in [9.17, 15) is 10.1 Å².